The Morgan fingerprint density at radius 1 is 1.30 bits per heavy atom. The second kappa shape index (κ2) is 9.08. The number of benzene rings is 1. The van der Waals surface area contributed by atoms with Crippen molar-refractivity contribution in [3.05, 3.63) is 59.9 Å². The summed E-state index contributed by atoms with van der Waals surface area (Å²) in [6.07, 6.45) is 2.49. The molecule has 10 nitrogen and oxygen atoms in total. The molecule has 3 N–H and O–H groups in total. The number of aliphatic hydroxyl groups is 1. The number of aromatic nitrogens is 3. The molecule has 1 amide bonds. The zero-order valence-corrected chi connectivity index (χ0v) is 18.5. The minimum absolute atomic E-state index is 0.0612. The number of rotatable bonds is 6. The standard InChI is InChI=1S/C22H29FN8O2/c1-28-19-9-17(13-29-11-16(23)12-29)26-31(19)8-7-18(22(28)33)25-21(32)20-24-14-30(27-20)10-15-5-3-2-4-6-15/h2-6,9,14,16-18,22,26,33H,7-8,10-13H2,1H3,(H,25,32)/t17?,18-,22+/m0/s1. The van der Waals surface area contributed by atoms with Crippen LogP contribution >= 0.6 is 0 Å². The number of hydrazine groups is 1. The summed E-state index contributed by atoms with van der Waals surface area (Å²) >= 11 is 0. The first-order valence-electron chi connectivity index (χ1n) is 11.2. The molecule has 4 heterocycles. The van der Waals surface area contributed by atoms with Gasteiger partial charge in [0.15, 0.2) is 0 Å². The summed E-state index contributed by atoms with van der Waals surface area (Å²) in [7, 11) is 1.80. The maximum atomic E-state index is 13.1. The molecule has 11 heteroatoms. The number of carbonyl (C=O) groups is 1. The van der Waals surface area contributed by atoms with Crippen molar-refractivity contribution in [3.63, 3.8) is 0 Å². The summed E-state index contributed by atoms with van der Waals surface area (Å²) in [5.74, 6) is 0.509. The van der Waals surface area contributed by atoms with Crippen LogP contribution in [0.15, 0.2) is 48.6 Å². The van der Waals surface area contributed by atoms with Crippen LogP contribution < -0.4 is 10.7 Å². The molecule has 5 rings (SSSR count). The zero-order chi connectivity index (χ0) is 22.9. The monoisotopic (exact) mass is 456 g/mol. The number of aliphatic hydroxyl groups excluding tert-OH is 1. The Hall–Kier alpha value is -3.02. The predicted molar refractivity (Wildman–Crippen MR) is 118 cm³/mol. The number of likely N-dealkylation sites (tertiary alicyclic amines) is 1. The van der Waals surface area contributed by atoms with E-state index in [2.05, 4.69) is 25.7 Å². The molecule has 2 saturated heterocycles. The second-order valence-corrected chi connectivity index (χ2v) is 8.87. The van der Waals surface area contributed by atoms with Gasteiger partial charge in [-0.25, -0.2) is 19.5 Å². The van der Waals surface area contributed by atoms with Crippen LogP contribution in [0.25, 0.3) is 0 Å². The van der Waals surface area contributed by atoms with Gasteiger partial charge < -0.3 is 15.3 Å². The Kier molecular flexibility index (Phi) is 6.00. The van der Waals surface area contributed by atoms with Gasteiger partial charge in [-0.05, 0) is 18.1 Å². The first-order valence-corrected chi connectivity index (χ1v) is 11.2. The third-order valence-electron chi connectivity index (χ3n) is 6.34. The fourth-order valence-corrected chi connectivity index (χ4v) is 4.54. The molecule has 0 spiro atoms. The summed E-state index contributed by atoms with van der Waals surface area (Å²) in [4.78, 5) is 20.7. The van der Waals surface area contributed by atoms with Crippen LogP contribution in [0.5, 0.6) is 0 Å². The highest BCUT2D eigenvalue weighted by Crippen LogP contribution is 2.25. The third-order valence-corrected chi connectivity index (χ3v) is 6.34. The van der Waals surface area contributed by atoms with Gasteiger partial charge in [-0.3, -0.25) is 14.7 Å². The highest BCUT2D eigenvalue weighted by molar-refractivity contribution is 5.90. The number of fused-ring (bicyclic) bond motifs is 1. The average Bonchev–Trinajstić information content (AvgIpc) is 3.40. The van der Waals surface area contributed by atoms with Crippen LogP contribution in [0.4, 0.5) is 4.39 Å². The highest BCUT2D eigenvalue weighted by atomic mass is 19.1. The number of halogens is 1. The minimum atomic E-state index is -0.906. The lowest BCUT2D eigenvalue weighted by atomic mass is 10.1. The number of carbonyl (C=O) groups excluding carboxylic acids is 1. The van der Waals surface area contributed by atoms with Gasteiger partial charge >= 0.3 is 0 Å². The van der Waals surface area contributed by atoms with Crippen LogP contribution in [0.2, 0.25) is 0 Å². The van der Waals surface area contributed by atoms with Crippen molar-refractivity contribution in [2.75, 3.05) is 33.2 Å². The fraction of sp³-hybridized carbons (Fsp3) is 0.500. The van der Waals surface area contributed by atoms with Gasteiger partial charge in [0.1, 0.15) is 24.5 Å². The topological polar surface area (TPSA) is 102 Å². The van der Waals surface area contributed by atoms with Gasteiger partial charge in [-0.15, -0.1) is 5.10 Å². The average molecular weight is 457 g/mol. The number of alkyl halides is 1. The van der Waals surface area contributed by atoms with Gasteiger partial charge in [0, 0.05) is 33.2 Å². The molecule has 1 aromatic heterocycles. The van der Waals surface area contributed by atoms with Crippen molar-refractivity contribution in [1.29, 1.82) is 0 Å². The second-order valence-electron chi connectivity index (χ2n) is 8.87. The van der Waals surface area contributed by atoms with Crippen molar-refractivity contribution >= 4 is 5.91 Å². The molecule has 3 aliphatic rings. The van der Waals surface area contributed by atoms with Crippen LogP contribution in [-0.2, 0) is 6.54 Å². The SMILES string of the molecule is CN1C2=CC(CN3CC(F)C3)NN2CC[C@H](NC(=O)c2ncn(Cc3ccccc3)n2)[C@H]1O. The molecular weight excluding hydrogens is 427 g/mol. The Morgan fingerprint density at radius 2 is 2.09 bits per heavy atom. The summed E-state index contributed by atoms with van der Waals surface area (Å²) in [6.45, 7) is 2.81. The van der Waals surface area contributed by atoms with Gasteiger partial charge in [-0.2, -0.15) is 0 Å². The van der Waals surface area contributed by atoms with Gasteiger partial charge in [0.2, 0.25) is 5.82 Å². The van der Waals surface area contributed by atoms with E-state index in [9.17, 15) is 14.3 Å². The van der Waals surface area contributed by atoms with E-state index in [-0.39, 0.29) is 11.9 Å². The van der Waals surface area contributed by atoms with E-state index in [0.29, 0.717) is 32.6 Å². The molecule has 176 valence electrons. The van der Waals surface area contributed by atoms with E-state index in [1.807, 2.05) is 41.4 Å². The normalized spacial score (nSPS) is 25.9. The largest absolute Gasteiger partial charge is 0.371 e. The lowest BCUT2D eigenvalue weighted by Gasteiger charge is -2.36. The first-order chi connectivity index (χ1) is 16.0. The molecule has 0 aliphatic carbocycles. The molecule has 0 bridgehead atoms. The Labute approximate surface area is 191 Å². The Bertz CT molecular complexity index is 1010. The van der Waals surface area contributed by atoms with Crippen LogP contribution in [0.3, 0.4) is 0 Å². The Balaban J connectivity index is 1.19. The van der Waals surface area contributed by atoms with Crippen LogP contribution in [-0.4, -0.2) is 98.3 Å². The third kappa shape index (κ3) is 4.70. The van der Waals surface area contributed by atoms with Crippen molar-refractivity contribution in [2.45, 2.75) is 37.4 Å². The molecule has 2 aromatic rings. The van der Waals surface area contributed by atoms with Crippen molar-refractivity contribution < 1.29 is 14.3 Å². The van der Waals surface area contributed by atoms with E-state index in [0.717, 1.165) is 17.9 Å². The number of amides is 1. The minimum Gasteiger partial charge on any atom is -0.371 e. The molecular formula is C22H29FN8O2. The molecule has 1 aromatic carbocycles. The van der Waals surface area contributed by atoms with Crippen LogP contribution in [0.1, 0.15) is 22.6 Å². The van der Waals surface area contributed by atoms with Gasteiger partial charge in [-0.1, -0.05) is 30.3 Å². The van der Waals surface area contributed by atoms with Crippen molar-refractivity contribution in [2.24, 2.45) is 0 Å². The maximum absolute atomic E-state index is 13.1. The van der Waals surface area contributed by atoms with Crippen molar-refractivity contribution in [3.8, 4) is 0 Å². The molecule has 3 atom stereocenters. The predicted octanol–water partition coefficient (Wildman–Crippen LogP) is -0.237. The molecule has 2 fully saturated rings. The summed E-state index contributed by atoms with van der Waals surface area (Å²) < 4.78 is 14.7. The summed E-state index contributed by atoms with van der Waals surface area (Å²) in [6, 6.07) is 9.39. The van der Waals surface area contributed by atoms with E-state index in [1.165, 1.54) is 6.33 Å². The van der Waals surface area contributed by atoms with Crippen molar-refractivity contribution in [1.82, 2.24) is 40.3 Å². The van der Waals surface area contributed by atoms with E-state index in [1.54, 1.807) is 16.6 Å². The lowest BCUT2D eigenvalue weighted by Crippen LogP contribution is -2.53. The fourth-order valence-electron chi connectivity index (χ4n) is 4.54. The highest BCUT2D eigenvalue weighted by Gasteiger charge is 2.38. The zero-order valence-electron chi connectivity index (χ0n) is 18.5. The molecule has 0 saturated carbocycles. The molecule has 1 unspecified atom stereocenters. The molecule has 0 radical (unpaired) electrons. The number of hydrogen-bond donors (Lipinski definition) is 3. The Morgan fingerprint density at radius 3 is 2.85 bits per heavy atom. The van der Waals surface area contributed by atoms with Crippen LogP contribution in [0, 0.1) is 0 Å². The summed E-state index contributed by atoms with van der Waals surface area (Å²) in [5, 5.41) is 20.1. The quantitative estimate of drug-likeness (QED) is 0.548. The number of nitrogens with zero attached hydrogens (tertiary/aromatic N) is 6. The lowest BCUT2D eigenvalue weighted by molar-refractivity contribution is 0.00868. The van der Waals surface area contributed by atoms with E-state index < -0.39 is 24.3 Å². The molecule has 3 aliphatic heterocycles. The molecule has 33 heavy (non-hydrogen) atoms. The summed E-state index contributed by atoms with van der Waals surface area (Å²) in [5.41, 5.74) is 4.48. The maximum Gasteiger partial charge on any atom is 0.291 e. The van der Waals surface area contributed by atoms with E-state index in [4.69, 9.17) is 0 Å². The van der Waals surface area contributed by atoms with Gasteiger partial charge in [0.25, 0.3) is 5.91 Å². The number of nitrogens with one attached hydrogen (secondary N) is 2. The van der Waals surface area contributed by atoms with E-state index >= 15 is 0 Å². The first kappa shape index (κ1) is 21.8. The smallest absolute Gasteiger partial charge is 0.291 e. The number of likely N-dealkylation sites (N-methyl/N-ethyl adjacent to an activating group) is 1. The van der Waals surface area contributed by atoms with Gasteiger partial charge in [0.05, 0.1) is 18.6 Å². The number of hydrogen-bond acceptors (Lipinski definition) is 8.